The molecule has 22 heavy (non-hydrogen) atoms. The lowest BCUT2D eigenvalue weighted by atomic mass is 9.97. The minimum Gasteiger partial charge on any atom is -0.335 e. The summed E-state index contributed by atoms with van der Waals surface area (Å²) in [4.78, 5) is 14.6. The standard InChI is InChI=1S/C20H25NO/c1-6-19(22)16-12-8-10-14-18(16)21(20(3,4)5)17-13-9-7-11-15(17)2/h7-14H,6H2,1-5H3. The van der Waals surface area contributed by atoms with Gasteiger partial charge < -0.3 is 4.90 Å². The summed E-state index contributed by atoms with van der Waals surface area (Å²) in [6.07, 6.45) is 0.517. The van der Waals surface area contributed by atoms with Crippen LogP contribution in [0, 0.1) is 6.92 Å². The molecule has 0 unspecified atom stereocenters. The molecule has 0 fully saturated rings. The Labute approximate surface area is 133 Å². The van der Waals surface area contributed by atoms with Crippen LogP contribution in [0.3, 0.4) is 0 Å². The molecule has 0 radical (unpaired) electrons. The van der Waals surface area contributed by atoms with Crippen LogP contribution in [0.4, 0.5) is 11.4 Å². The summed E-state index contributed by atoms with van der Waals surface area (Å²) in [6.45, 7) is 10.5. The second kappa shape index (κ2) is 6.35. The summed E-state index contributed by atoms with van der Waals surface area (Å²) in [5, 5.41) is 0. The van der Waals surface area contributed by atoms with Crippen molar-refractivity contribution in [3.63, 3.8) is 0 Å². The highest BCUT2D eigenvalue weighted by atomic mass is 16.1. The Bertz CT molecular complexity index is 667. The molecule has 0 atom stereocenters. The number of para-hydroxylation sites is 2. The minimum absolute atomic E-state index is 0.129. The molecule has 0 aromatic heterocycles. The summed E-state index contributed by atoms with van der Waals surface area (Å²) in [5.41, 5.74) is 4.00. The first-order valence-corrected chi connectivity index (χ1v) is 7.84. The molecule has 0 heterocycles. The number of carbonyl (C=O) groups excluding carboxylic acids is 1. The first-order valence-electron chi connectivity index (χ1n) is 7.84. The van der Waals surface area contributed by atoms with E-state index in [4.69, 9.17) is 0 Å². The van der Waals surface area contributed by atoms with Crippen molar-refractivity contribution < 1.29 is 4.79 Å². The predicted octanol–water partition coefficient (Wildman–Crippen LogP) is 5.52. The average molecular weight is 295 g/mol. The van der Waals surface area contributed by atoms with E-state index < -0.39 is 0 Å². The fraction of sp³-hybridized carbons (Fsp3) is 0.350. The van der Waals surface area contributed by atoms with Crippen LogP contribution in [0.1, 0.15) is 50.0 Å². The normalized spacial score (nSPS) is 11.3. The van der Waals surface area contributed by atoms with Crippen molar-refractivity contribution in [3.05, 3.63) is 59.7 Å². The van der Waals surface area contributed by atoms with Crippen LogP contribution in [0.2, 0.25) is 0 Å². The lowest BCUT2D eigenvalue weighted by molar-refractivity contribution is 0.0988. The highest BCUT2D eigenvalue weighted by molar-refractivity contribution is 6.02. The Hall–Kier alpha value is -2.09. The van der Waals surface area contributed by atoms with Crippen molar-refractivity contribution in [1.82, 2.24) is 0 Å². The summed E-state index contributed by atoms with van der Waals surface area (Å²) in [6, 6.07) is 16.2. The molecule has 0 amide bonds. The average Bonchev–Trinajstić information content (AvgIpc) is 2.48. The van der Waals surface area contributed by atoms with Gasteiger partial charge in [-0.15, -0.1) is 0 Å². The second-order valence-corrected chi connectivity index (χ2v) is 6.59. The van der Waals surface area contributed by atoms with Crippen LogP contribution in [0.15, 0.2) is 48.5 Å². The van der Waals surface area contributed by atoms with Crippen LogP contribution in [0.25, 0.3) is 0 Å². The molecule has 0 saturated heterocycles. The summed E-state index contributed by atoms with van der Waals surface area (Å²) >= 11 is 0. The van der Waals surface area contributed by atoms with Crippen LogP contribution >= 0.6 is 0 Å². The van der Waals surface area contributed by atoms with E-state index in [0.29, 0.717) is 6.42 Å². The number of carbonyl (C=O) groups is 1. The smallest absolute Gasteiger partial charge is 0.164 e. The fourth-order valence-electron chi connectivity index (χ4n) is 2.76. The van der Waals surface area contributed by atoms with Crippen molar-refractivity contribution in [2.24, 2.45) is 0 Å². The fourth-order valence-corrected chi connectivity index (χ4v) is 2.76. The van der Waals surface area contributed by atoms with Gasteiger partial charge in [0.1, 0.15) is 0 Å². The van der Waals surface area contributed by atoms with Crippen LogP contribution in [0.5, 0.6) is 0 Å². The molecule has 0 bridgehead atoms. The highest BCUT2D eigenvalue weighted by Gasteiger charge is 2.27. The molecule has 0 aliphatic carbocycles. The van der Waals surface area contributed by atoms with Gasteiger partial charge in [0.05, 0.1) is 5.69 Å². The second-order valence-electron chi connectivity index (χ2n) is 6.59. The molecule has 0 saturated carbocycles. The molecular weight excluding hydrogens is 270 g/mol. The third kappa shape index (κ3) is 3.22. The van der Waals surface area contributed by atoms with Crippen LogP contribution < -0.4 is 4.90 Å². The van der Waals surface area contributed by atoms with Crippen molar-refractivity contribution >= 4 is 17.2 Å². The van der Waals surface area contributed by atoms with Crippen molar-refractivity contribution in [1.29, 1.82) is 0 Å². The van der Waals surface area contributed by atoms with Gasteiger partial charge >= 0.3 is 0 Å². The maximum atomic E-state index is 12.4. The first-order chi connectivity index (χ1) is 10.4. The van der Waals surface area contributed by atoms with E-state index in [1.54, 1.807) is 0 Å². The molecule has 2 aromatic carbocycles. The number of Topliss-reactive ketones (excluding diaryl/α,β-unsaturated/α-hetero) is 1. The van der Waals surface area contributed by atoms with Gasteiger partial charge in [0.15, 0.2) is 5.78 Å². The summed E-state index contributed by atoms with van der Waals surface area (Å²) in [7, 11) is 0. The molecule has 0 spiro atoms. The maximum Gasteiger partial charge on any atom is 0.164 e. The molecule has 2 heteroatoms. The van der Waals surface area contributed by atoms with Gasteiger partial charge in [-0.2, -0.15) is 0 Å². The largest absolute Gasteiger partial charge is 0.335 e. The van der Waals surface area contributed by atoms with Gasteiger partial charge in [-0.3, -0.25) is 4.79 Å². The predicted molar refractivity (Wildman–Crippen MR) is 94.1 cm³/mol. The van der Waals surface area contributed by atoms with E-state index in [-0.39, 0.29) is 11.3 Å². The monoisotopic (exact) mass is 295 g/mol. The molecule has 116 valence electrons. The van der Waals surface area contributed by atoms with Crippen LogP contribution in [-0.2, 0) is 0 Å². The number of aryl methyl sites for hydroxylation is 1. The number of ketones is 1. The van der Waals surface area contributed by atoms with E-state index in [0.717, 1.165) is 16.9 Å². The number of hydrogen-bond donors (Lipinski definition) is 0. The minimum atomic E-state index is -0.129. The number of anilines is 2. The van der Waals surface area contributed by atoms with Crippen LogP contribution in [-0.4, -0.2) is 11.3 Å². The number of benzene rings is 2. The number of nitrogens with zero attached hydrogens (tertiary/aromatic N) is 1. The Morgan fingerprint density at radius 1 is 0.955 bits per heavy atom. The molecular formula is C20H25NO. The van der Waals surface area contributed by atoms with Crippen molar-refractivity contribution in [3.8, 4) is 0 Å². The zero-order valence-corrected chi connectivity index (χ0v) is 14.2. The Kier molecular flexibility index (Phi) is 4.70. The lowest BCUT2D eigenvalue weighted by Gasteiger charge is -2.39. The van der Waals surface area contributed by atoms with Crippen molar-refractivity contribution in [2.45, 2.75) is 46.6 Å². The summed E-state index contributed by atoms with van der Waals surface area (Å²) in [5.74, 6) is 0.179. The molecule has 2 rings (SSSR count). The third-order valence-corrected chi connectivity index (χ3v) is 3.79. The van der Waals surface area contributed by atoms with Gasteiger partial charge in [-0.1, -0.05) is 37.3 Å². The summed E-state index contributed by atoms with van der Waals surface area (Å²) < 4.78 is 0. The zero-order valence-electron chi connectivity index (χ0n) is 14.2. The first kappa shape index (κ1) is 16.3. The molecule has 2 aromatic rings. The van der Waals surface area contributed by atoms with E-state index in [2.05, 4.69) is 44.7 Å². The SMILES string of the molecule is CCC(=O)c1ccccc1N(c1ccccc1C)C(C)(C)C. The van der Waals surface area contributed by atoms with Gasteiger partial charge in [-0.25, -0.2) is 0 Å². The number of hydrogen-bond acceptors (Lipinski definition) is 2. The van der Waals surface area contributed by atoms with E-state index in [9.17, 15) is 4.79 Å². The topological polar surface area (TPSA) is 20.3 Å². The molecule has 0 aliphatic rings. The lowest BCUT2D eigenvalue weighted by Crippen LogP contribution is -2.38. The van der Waals surface area contributed by atoms with E-state index in [1.807, 2.05) is 43.3 Å². The molecule has 2 nitrogen and oxygen atoms in total. The maximum absolute atomic E-state index is 12.4. The van der Waals surface area contributed by atoms with Crippen molar-refractivity contribution in [2.75, 3.05) is 4.90 Å². The zero-order chi connectivity index (χ0) is 16.3. The third-order valence-electron chi connectivity index (χ3n) is 3.79. The Morgan fingerprint density at radius 3 is 2.05 bits per heavy atom. The van der Waals surface area contributed by atoms with Gasteiger partial charge in [-0.05, 0) is 51.5 Å². The quantitative estimate of drug-likeness (QED) is 0.692. The van der Waals surface area contributed by atoms with Gasteiger partial charge in [0.2, 0.25) is 0 Å². The highest BCUT2D eigenvalue weighted by Crippen LogP contribution is 2.37. The Balaban J connectivity index is 2.68. The Morgan fingerprint density at radius 2 is 1.50 bits per heavy atom. The van der Waals surface area contributed by atoms with Gasteiger partial charge in [0.25, 0.3) is 0 Å². The number of rotatable bonds is 4. The molecule has 0 N–H and O–H groups in total. The van der Waals surface area contributed by atoms with E-state index in [1.165, 1.54) is 5.56 Å². The van der Waals surface area contributed by atoms with E-state index >= 15 is 0 Å². The van der Waals surface area contributed by atoms with Gasteiger partial charge in [0, 0.05) is 23.2 Å². The molecule has 0 aliphatic heterocycles.